The number of pyridine rings is 1. The Bertz CT molecular complexity index is 627. The smallest absolute Gasteiger partial charge is 0.129 e. The topological polar surface area (TPSA) is 45.6 Å². The van der Waals surface area contributed by atoms with Gasteiger partial charge in [-0.1, -0.05) is 0 Å². The maximum absolute atomic E-state index is 9.82. The first-order valence-electron chi connectivity index (χ1n) is 7.06. The maximum Gasteiger partial charge on any atom is 0.129 e. The van der Waals surface area contributed by atoms with Crippen LogP contribution in [0.3, 0.4) is 0 Å². The number of rotatable bonds is 2. The minimum atomic E-state index is -0.244. The van der Waals surface area contributed by atoms with Crippen LogP contribution in [0.25, 0.3) is 10.9 Å². The van der Waals surface area contributed by atoms with Crippen molar-refractivity contribution >= 4 is 16.7 Å². The van der Waals surface area contributed by atoms with E-state index in [4.69, 9.17) is 9.72 Å². The van der Waals surface area contributed by atoms with E-state index in [9.17, 15) is 5.11 Å². The molecule has 0 amide bonds. The van der Waals surface area contributed by atoms with Crippen molar-refractivity contribution in [3.63, 3.8) is 0 Å². The van der Waals surface area contributed by atoms with Crippen LogP contribution in [0.5, 0.6) is 5.75 Å². The third kappa shape index (κ3) is 2.43. The molecule has 1 unspecified atom stereocenters. The summed E-state index contributed by atoms with van der Waals surface area (Å²) < 4.78 is 5.27. The van der Waals surface area contributed by atoms with Crippen LogP contribution >= 0.6 is 0 Å². The number of methoxy groups -OCH3 is 1. The van der Waals surface area contributed by atoms with Gasteiger partial charge in [-0.2, -0.15) is 0 Å². The predicted molar refractivity (Wildman–Crippen MR) is 80.5 cm³/mol. The molecule has 2 heterocycles. The molecule has 4 heteroatoms. The van der Waals surface area contributed by atoms with Crippen LogP contribution < -0.4 is 9.64 Å². The van der Waals surface area contributed by atoms with Crippen molar-refractivity contribution in [2.45, 2.75) is 25.9 Å². The predicted octanol–water partition coefficient (Wildman–Crippen LogP) is 2.51. The number of nitrogens with zero attached hydrogens (tertiary/aromatic N) is 2. The fraction of sp³-hybridized carbons (Fsp3) is 0.438. The molecule has 2 aromatic rings. The Morgan fingerprint density at radius 1 is 1.35 bits per heavy atom. The van der Waals surface area contributed by atoms with Crippen LogP contribution in [-0.2, 0) is 0 Å². The van der Waals surface area contributed by atoms with Crippen molar-refractivity contribution in [3.8, 4) is 5.75 Å². The molecule has 1 aromatic carbocycles. The number of ether oxygens (including phenoxy) is 1. The van der Waals surface area contributed by atoms with Crippen molar-refractivity contribution in [1.29, 1.82) is 0 Å². The molecular formula is C16H20N2O2. The summed E-state index contributed by atoms with van der Waals surface area (Å²) >= 11 is 0. The van der Waals surface area contributed by atoms with Gasteiger partial charge < -0.3 is 14.7 Å². The van der Waals surface area contributed by atoms with E-state index < -0.39 is 0 Å². The minimum absolute atomic E-state index is 0.244. The molecule has 1 aliphatic heterocycles. The lowest BCUT2D eigenvalue weighted by molar-refractivity contribution is 0.154. The second kappa shape index (κ2) is 5.29. The summed E-state index contributed by atoms with van der Waals surface area (Å²) in [6.07, 6.45) is 1.65. The molecule has 20 heavy (non-hydrogen) atoms. The molecule has 0 spiro atoms. The number of anilines is 1. The molecule has 1 saturated heterocycles. The summed E-state index contributed by atoms with van der Waals surface area (Å²) in [4.78, 5) is 6.90. The zero-order valence-electron chi connectivity index (χ0n) is 12.0. The van der Waals surface area contributed by atoms with E-state index in [1.807, 2.05) is 18.2 Å². The van der Waals surface area contributed by atoms with E-state index in [0.29, 0.717) is 6.54 Å². The highest BCUT2D eigenvalue weighted by molar-refractivity contribution is 5.85. The molecule has 3 rings (SSSR count). The lowest BCUT2D eigenvalue weighted by Crippen LogP contribution is -2.38. The number of hydrogen-bond acceptors (Lipinski definition) is 4. The average Bonchev–Trinajstić information content (AvgIpc) is 2.46. The first-order chi connectivity index (χ1) is 9.67. The van der Waals surface area contributed by atoms with Crippen LogP contribution in [0.15, 0.2) is 24.3 Å². The summed E-state index contributed by atoms with van der Waals surface area (Å²) in [6, 6.07) is 8.08. The molecule has 0 radical (unpaired) electrons. The summed E-state index contributed by atoms with van der Waals surface area (Å²) in [6.45, 7) is 3.72. The highest BCUT2D eigenvalue weighted by Crippen LogP contribution is 2.27. The van der Waals surface area contributed by atoms with E-state index in [1.54, 1.807) is 7.11 Å². The highest BCUT2D eigenvalue weighted by atomic mass is 16.5. The number of piperidine rings is 1. The van der Waals surface area contributed by atoms with Crippen molar-refractivity contribution in [1.82, 2.24) is 4.98 Å². The Hall–Kier alpha value is -1.81. The van der Waals surface area contributed by atoms with Gasteiger partial charge in [-0.3, -0.25) is 0 Å². The van der Waals surface area contributed by atoms with E-state index in [-0.39, 0.29) is 6.10 Å². The second-order valence-corrected chi connectivity index (χ2v) is 5.42. The van der Waals surface area contributed by atoms with Gasteiger partial charge in [-0.25, -0.2) is 4.98 Å². The van der Waals surface area contributed by atoms with Crippen molar-refractivity contribution in [2.75, 3.05) is 25.1 Å². The van der Waals surface area contributed by atoms with Crippen molar-refractivity contribution in [2.24, 2.45) is 0 Å². The summed E-state index contributed by atoms with van der Waals surface area (Å²) in [5, 5.41) is 11.0. The Morgan fingerprint density at radius 3 is 2.95 bits per heavy atom. The van der Waals surface area contributed by atoms with E-state index in [0.717, 1.165) is 41.9 Å². The first kappa shape index (κ1) is 13.2. The average molecular weight is 272 g/mol. The number of aryl methyl sites for hydroxylation is 1. The third-order valence-corrected chi connectivity index (χ3v) is 3.93. The number of aliphatic hydroxyl groups is 1. The fourth-order valence-electron chi connectivity index (χ4n) is 2.82. The quantitative estimate of drug-likeness (QED) is 0.912. The van der Waals surface area contributed by atoms with Gasteiger partial charge in [0.1, 0.15) is 11.6 Å². The number of hydrogen-bond donors (Lipinski definition) is 1. The second-order valence-electron chi connectivity index (χ2n) is 5.42. The normalized spacial score (nSPS) is 19.4. The number of fused-ring (bicyclic) bond motifs is 1. The SMILES string of the molecule is COc1ccc2c(C)cc(N3CCCC(O)C3)nc2c1. The molecule has 1 aromatic heterocycles. The largest absolute Gasteiger partial charge is 0.497 e. The van der Waals surface area contributed by atoms with E-state index in [1.165, 1.54) is 5.56 Å². The van der Waals surface area contributed by atoms with Gasteiger partial charge in [-0.15, -0.1) is 0 Å². The van der Waals surface area contributed by atoms with E-state index in [2.05, 4.69) is 17.9 Å². The zero-order chi connectivity index (χ0) is 14.1. The fourth-order valence-corrected chi connectivity index (χ4v) is 2.82. The lowest BCUT2D eigenvalue weighted by atomic mass is 10.1. The Morgan fingerprint density at radius 2 is 2.20 bits per heavy atom. The molecule has 0 saturated carbocycles. The van der Waals surface area contributed by atoms with Crippen LogP contribution in [-0.4, -0.2) is 36.4 Å². The molecular weight excluding hydrogens is 252 g/mol. The van der Waals surface area contributed by atoms with Gasteiger partial charge >= 0.3 is 0 Å². The molecule has 1 atom stereocenters. The maximum atomic E-state index is 9.82. The van der Waals surface area contributed by atoms with Gasteiger partial charge in [0.2, 0.25) is 0 Å². The van der Waals surface area contributed by atoms with Crippen LogP contribution in [0.4, 0.5) is 5.82 Å². The molecule has 0 aliphatic carbocycles. The molecule has 1 N–H and O–H groups in total. The number of aliphatic hydroxyl groups excluding tert-OH is 1. The van der Waals surface area contributed by atoms with Crippen LogP contribution in [0, 0.1) is 6.92 Å². The first-order valence-corrected chi connectivity index (χ1v) is 7.06. The number of aromatic nitrogens is 1. The Labute approximate surface area is 119 Å². The third-order valence-electron chi connectivity index (χ3n) is 3.93. The van der Waals surface area contributed by atoms with Gasteiger partial charge in [0, 0.05) is 24.5 Å². The number of benzene rings is 1. The van der Waals surface area contributed by atoms with Gasteiger partial charge in [0.25, 0.3) is 0 Å². The molecule has 1 fully saturated rings. The van der Waals surface area contributed by atoms with Crippen LogP contribution in [0.1, 0.15) is 18.4 Å². The van der Waals surface area contributed by atoms with Crippen LogP contribution in [0.2, 0.25) is 0 Å². The summed E-state index contributed by atoms with van der Waals surface area (Å²) in [7, 11) is 1.67. The Balaban J connectivity index is 2.03. The minimum Gasteiger partial charge on any atom is -0.497 e. The van der Waals surface area contributed by atoms with E-state index >= 15 is 0 Å². The lowest BCUT2D eigenvalue weighted by Gasteiger charge is -2.31. The highest BCUT2D eigenvalue weighted by Gasteiger charge is 2.19. The van der Waals surface area contributed by atoms with Crippen molar-refractivity contribution < 1.29 is 9.84 Å². The summed E-state index contributed by atoms with van der Waals surface area (Å²) in [5.41, 5.74) is 2.15. The number of β-amino-alcohol motifs (C(OH)–C–C–N with tert-alkyl or cyclic N) is 1. The zero-order valence-corrected chi connectivity index (χ0v) is 12.0. The monoisotopic (exact) mass is 272 g/mol. The van der Waals surface area contributed by atoms with Crippen molar-refractivity contribution in [3.05, 3.63) is 29.8 Å². The van der Waals surface area contributed by atoms with Gasteiger partial charge in [-0.05, 0) is 43.5 Å². The summed E-state index contributed by atoms with van der Waals surface area (Å²) in [5.74, 6) is 1.77. The van der Waals surface area contributed by atoms with Gasteiger partial charge in [0.15, 0.2) is 0 Å². The van der Waals surface area contributed by atoms with Gasteiger partial charge in [0.05, 0.1) is 18.7 Å². The standard InChI is InChI=1S/C16H20N2O2/c1-11-8-16(18-7-3-4-12(19)10-18)17-15-9-13(20-2)5-6-14(11)15/h5-6,8-9,12,19H,3-4,7,10H2,1-2H3. The molecule has 1 aliphatic rings. The molecule has 0 bridgehead atoms. The molecule has 4 nitrogen and oxygen atoms in total. The Kier molecular flexibility index (Phi) is 3.49. The molecule has 106 valence electrons.